The number of nitrogens with one attached hydrogen (secondary N) is 1. The number of ether oxygens (including phenoxy) is 2. The van der Waals surface area contributed by atoms with Crippen LogP contribution in [0.25, 0.3) is 0 Å². The highest BCUT2D eigenvalue weighted by Gasteiger charge is 2.44. The second kappa shape index (κ2) is 42.8. The fourth-order valence-electron chi connectivity index (χ4n) is 8.97. The third kappa shape index (κ3) is 31.9. The number of unbranched alkanes of at least 4 members (excludes halogenated alkanes) is 35. The average molecular weight is 886 g/mol. The number of carbonyl (C=O) groups is 1. The molecule has 1 aliphatic heterocycles. The number of hydrogen-bond acceptors (Lipinski definition) is 9. The molecule has 0 aromatic carbocycles. The molecular weight excluding hydrogens is 783 g/mol. The van der Waals surface area contributed by atoms with E-state index in [2.05, 4.69) is 19.2 Å². The summed E-state index contributed by atoms with van der Waals surface area (Å²) < 4.78 is 11.2. The minimum absolute atomic E-state index is 0.251. The highest BCUT2D eigenvalue weighted by molar-refractivity contribution is 5.76. The Balaban J connectivity index is 2.28. The van der Waals surface area contributed by atoms with Crippen LogP contribution in [0.15, 0.2) is 0 Å². The molecule has 8 atom stereocenters. The van der Waals surface area contributed by atoms with Gasteiger partial charge in [-0.2, -0.15) is 0 Å². The Kier molecular flexibility index (Phi) is 40.8. The number of aliphatic hydroxyl groups excluding tert-OH is 6. The van der Waals surface area contributed by atoms with Crippen LogP contribution in [-0.2, 0) is 14.3 Å². The molecule has 62 heavy (non-hydrogen) atoms. The molecule has 0 aromatic rings. The van der Waals surface area contributed by atoms with Crippen molar-refractivity contribution in [3.8, 4) is 0 Å². The van der Waals surface area contributed by atoms with Crippen molar-refractivity contribution in [2.75, 3.05) is 13.2 Å². The van der Waals surface area contributed by atoms with Crippen LogP contribution in [-0.4, -0.2) is 98.7 Å². The van der Waals surface area contributed by atoms with Crippen molar-refractivity contribution in [3.05, 3.63) is 0 Å². The molecule has 1 amide bonds. The molecule has 0 saturated carbocycles. The van der Waals surface area contributed by atoms with Gasteiger partial charge in [-0.05, 0) is 12.8 Å². The molecule has 10 heteroatoms. The fourth-order valence-corrected chi connectivity index (χ4v) is 8.97. The Morgan fingerprint density at radius 2 is 0.839 bits per heavy atom. The summed E-state index contributed by atoms with van der Waals surface area (Å²) >= 11 is 0. The number of rotatable bonds is 46. The van der Waals surface area contributed by atoms with Gasteiger partial charge in [0.1, 0.15) is 30.5 Å². The summed E-state index contributed by atoms with van der Waals surface area (Å²) in [5.74, 6) is -0.251. The number of hydrogen-bond donors (Lipinski definition) is 7. The first-order valence-corrected chi connectivity index (χ1v) is 26.8. The standard InChI is InChI=1S/C52H103NO9/c1-3-5-7-9-11-13-15-17-19-20-21-22-23-24-25-27-29-31-33-35-37-39-41-47(56)53-44(43-61-52-51(60)50(59)49(58)46(42-54)62-52)48(57)45(55)40-38-36-34-32-30-28-26-18-16-14-12-10-8-6-4-2/h44-46,48-52,54-55,57-60H,3-43H2,1-2H3,(H,53,56)/t44-,45+,46+,48-,49-,50?,51?,52+/m0/s1. The van der Waals surface area contributed by atoms with Gasteiger partial charge in [0.05, 0.1) is 25.4 Å². The molecule has 0 bridgehead atoms. The van der Waals surface area contributed by atoms with E-state index in [4.69, 9.17) is 9.47 Å². The van der Waals surface area contributed by atoms with Gasteiger partial charge in [-0.25, -0.2) is 0 Å². The normalized spacial score (nSPS) is 20.7. The van der Waals surface area contributed by atoms with Crippen LogP contribution in [0, 0.1) is 0 Å². The van der Waals surface area contributed by atoms with Crippen LogP contribution in [0.3, 0.4) is 0 Å². The lowest BCUT2D eigenvalue weighted by Crippen LogP contribution is -2.60. The van der Waals surface area contributed by atoms with Gasteiger partial charge in [-0.3, -0.25) is 4.79 Å². The molecule has 1 saturated heterocycles. The van der Waals surface area contributed by atoms with Crippen molar-refractivity contribution in [2.24, 2.45) is 0 Å². The van der Waals surface area contributed by atoms with E-state index in [-0.39, 0.29) is 18.9 Å². The third-order valence-electron chi connectivity index (χ3n) is 13.3. The monoisotopic (exact) mass is 886 g/mol. The molecule has 1 aliphatic rings. The van der Waals surface area contributed by atoms with Crippen LogP contribution >= 0.6 is 0 Å². The molecule has 7 N–H and O–H groups in total. The zero-order chi connectivity index (χ0) is 45.3. The largest absolute Gasteiger partial charge is 0.394 e. The first-order valence-electron chi connectivity index (χ1n) is 26.8. The molecule has 370 valence electrons. The number of carbonyl (C=O) groups excluding carboxylic acids is 1. The zero-order valence-corrected chi connectivity index (χ0v) is 40.5. The van der Waals surface area contributed by atoms with E-state index in [1.165, 1.54) is 199 Å². The smallest absolute Gasteiger partial charge is 0.220 e. The Morgan fingerprint density at radius 1 is 0.500 bits per heavy atom. The van der Waals surface area contributed by atoms with Gasteiger partial charge in [0, 0.05) is 6.42 Å². The molecule has 1 fully saturated rings. The minimum atomic E-state index is -1.60. The molecule has 0 aliphatic carbocycles. The fraction of sp³-hybridized carbons (Fsp3) is 0.981. The van der Waals surface area contributed by atoms with Gasteiger partial charge in [-0.15, -0.1) is 0 Å². The Hall–Kier alpha value is -0.850. The van der Waals surface area contributed by atoms with Crippen LogP contribution < -0.4 is 5.32 Å². The second-order valence-corrected chi connectivity index (χ2v) is 19.2. The van der Waals surface area contributed by atoms with Crippen molar-refractivity contribution in [3.63, 3.8) is 0 Å². The van der Waals surface area contributed by atoms with Crippen LogP contribution in [0.1, 0.15) is 264 Å². The van der Waals surface area contributed by atoms with Crippen molar-refractivity contribution < 1.29 is 44.9 Å². The Labute approximate surface area is 381 Å². The van der Waals surface area contributed by atoms with E-state index in [0.29, 0.717) is 6.42 Å². The summed E-state index contributed by atoms with van der Waals surface area (Å²) in [6, 6.07) is -0.985. The molecule has 1 heterocycles. The molecule has 0 aromatic heterocycles. The molecule has 2 unspecified atom stereocenters. The Bertz CT molecular complexity index is 957. The van der Waals surface area contributed by atoms with Crippen molar-refractivity contribution in [2.45, 2.75) is 313 Å². The Morgan fingerprint density at radius 3 is 1.19 bits per heavy atom. The highest BCUT2D eigenvalue weighted by atomic mass is 16.7. The summed E-state index contributed by atoms with van der Waals surface area (Å²) in [4.78, 5) is 13.1. The number of aliphatic hydroxyl groups is 6. The molecule has 0 radical (unpaired) electrons. The second-order valence-electron chi connectivity index (χ2n) is 19.2. The predicted octanol–water partition coefficient (Wildman–Crippen LogP) is 11.3. The van der Waals surface area contributed by atoms with Gasteiger partial charge in [0.15, 0.2) is 6.29 Å². The van der Waals surface area contributed by atoms with Gasteiger partial charge in [0.25, 0.3) is 0 Å². The molecular formula is C52H103NO9. The van der Waals surface area contributed by atoms with Crippen molar-refractivity contribution in [1.82, 2.24) is 5.32 Å². The first-order chi connectivity index (χ1) is 30.3. The number of amides is 1. The van der Waals surface area contributed by atoms with E-state index < -0.39 is 55.6 Å². The van der Waals surface area contributed by atoms with Gasteiger partial charge in [-0.1, -0.05) is 245 Å². The highest BCUT2D eigenvalue weighted by Crippen LogP contribution is 2.23. The lowest BCUT2D eigenvalue weighted by molar-refractivity contribution is -0.303. The summed E-state index contributed by atoms with van der Waals surface area (Å²) in [5.41, 5.74) is 0. The van der Waals surface area contributed by atoms with Gasteiger partial charge in [0.2, 0.25) is 5.91 Å². The van der Waals surface area contributed by atoms with E-state index in [0.717, 1.165) is 38.5 Å². The van der Waals surface area contributed by atoms with Gasteiger partial charge < -0.3 is 45.4 Å². The summed E-state index contributed by atoms with van der Waals surface area (Å²) in [5, 5.41) is 65.4. The van der Waals surface area contributed by atoms with Crippen LogP contribution in [0.2, 0.25) is 0 Å². The summed E-state index contributed by atoms with van der Waals surface area (Å²) in [6.07, 6.45) is 38.3. The lowest BCUT2D eigenvalue weighted by Gasteiger charge is -2.40. The van der Waals surface area contributed by atoms with Crippen LogP contribution in [0.5, 0.6) is 0 Å². The van der Waals surface area contributed by atoms with Crippen LogP contribution in [0.4, 0.5) is 0 Å². The predicted molar refractivity (Wildman–Crippen MR) is 255 cm³/mol. The molecule has 1 rings (SSSR count). The maximum absolute atomic E-state index is 13.1. The van der Waals surface area contributed by atoms with E-state index in [1.54, 1.807) is 0 Å². The average Bonchev–Trinajstić information content (AvgIpc) is 3.27. The summed E-state index contributed by atoms with van der Waals surface area (Å²) in [7, 11) is 0. The molecule has 0 spiro atoms. The quantitative estimate of drug-likeness (QED) is 0.0294. The van der Waals surface area contributed by atoms with Crippen molar-refractivity contribution in [1.29, 1.82) is 0 Å². The first kappa shape index (κ1) is 59.2. The third-order valence-corrected chi connectivity index (χ3v) is 13.3. The maximum Gasteiger partial charge on any atom is 0.220 e. The van der Waals surface area contributed by atoms with Crippen molar-refractivity contribution >= 4 is 5.91 Å². The summed E-state index contributed by atoms with van der Waals surface area (Å²) in [6.45, 7) is 3.65. The molecule has 10 nitrogen and oxygen atoms in total. The topological polar surface area (TPSA) is 169 Å². The minimum Gasteiger partial charge on any atom is -0.394 e. The maximum atomic E-state index is 13.1. The van der Waals surface area contributed by atoms with E-state index >= 15 is 0 Å². The van der Waals surface area contributed by atoms with E-state index in [9.17, 15) is 35.4 Å². The SMILES string of the molecule is CCCCCCCCCCCCCCCCCCCCCCCCC(=O)N[C@@H](CO[C@@H]1O[C@H](CO)[C@H](O)C(O)C1O)[C@H](O)[C@H](O)CCCCCCCCCCCCCCCCC. The lowest BCUT2D eigenvalue weighted by atomic mass is 9.98. The zero-order valence-electron chi connectivity index (χ0n) is 40.5. The van der Waals surface area contributed by atoms with E-state index in [1.807, 2.05) is 0 Å². The van der Waals surface area contributed by atoms with Gasteiger partial charge >= 0.3 is 0 Å².